The number of likely N-dealkylation sites (tertiary alicyclic amines) is 1. The molecule has 1 aromatic carbocycles. The monoisotopic (exact) mass is 466 g/mol. The molecule has 4 rings (SSSR count). The molecule has 1 amide bonds. The second-order valence-electron chi connectivity index (χ2n) is 9.16. The number of carbonyl (C=O) groups is 1. The van der Waals surface area contributed by atoms with Gasteiger partial charge in [-0.2, -0.15) is 0 Å². The van der Waals surface area contributed by atoms with Crippen LogP contribution in [0.5, 0.6) is 11.5 Å². The number of nitrogens with zero attached hydrogens (tertiary/aromatic N) is 4. The summed E-state index contributed by atoms with van der Waals surface area (Å²) in [5.74, 6) is 3.40. The SMILES string of the molecule is CCOc1ccccc1OCCCC(=O)N1CCC[C@H](CN2CCN(c3ccccn3)CC2)C1. The molecule has 2 aliphatic rings. The fourth-order valence-electron chi connectivity index (χ4n) is 4.91. The number of piperidine rings is 1. The van der Waals surface area contributed by atoms with E-state index < -0.39 is 0 Å². The first-order chi connectivity index (χ1) is 16.7. The topological polar surface area (TPSA) is 58.1 Å². The predicted molar refractivity (Wildman–Crippen MR) is 135 cm³/mol. The molecule has 0 N–H and O–H groups in total. The van der Waals surface area contributed by atoms with E-state index in [-0.39, 0.29) is 5.91 Å². The van der Waals surface area contributed by atoms with Crippen molar-refractivity contribution in [3.63, 3.8) is 0 Å². The standard InChI is InChI=1S/C27H38N4O3/c1-2-33-24-10-3-4-11-25(24)34-20-8-13-27(32)31-15-7-9-23(22-31)21-29-16-18-30(19-17-29)26-12-5-6-14-28-26/h3-6,10-12,14,23H,2,7-9,13,15-22H2,1H3/t23-/m1/s1. The average Bonchev–Trinajstić information content (AvgIpc) is 2.89. The average molecular weight is 467 g/mol. The van der Waals surface area contributed by atoms with Gasteiger partial charge in [0.25, 0.3) is 0 Å². The highest BCUT2D eigenvalue weighted by Crippen LogP contribution is 2.26. The lowest BCUT2D eigenvalue weighted by molar-refractivity contribution is -0.133. The second-order valence-corrected chi connectivity index (χ2v) is 9.16. The fourth-order valence-corrected chi connectivity index (χ4v) is 4.91. The van der Waals surface area contributed by atoms with E-state index in [1.165, 1.54) is 6.42 Å². The van der Waals surface area contributed by atoms with Gasteiger partial charge in [0.15, 0.2) is 11.5 Å². The third-order valence-corrected chi connectivity index (χ3v) is 6.68. The maximum Gasteiger partial charge on any atom is 0.222 e. The maximum absolute atomic E-state index is 12.8. The summed E-state index contributed by atoms with van der Waals surface area (Å²) in [6.07, 6.45) is 5.42. The number of hydrogen-bond donors (Lipinski definition) is 0. The first-order valence-electron chi connectivity index (χ1n) is 12.7. The number of benzene rings is 1. The van der Waals surface area contributed by atoms with Crippen molar-refractivity contribution in [1.82, 2.24) is 14.8 Å². The Kier molecular flexibility index (Phi) is 9.02. The summed E-state index contributed by atoms with van der Waals surface area (Å²) < 4.78 is 11.5. The molecule has 34 heavy (non-hydrogen) atoms. The minimum absolute atomic E-state index is 0.256. The Labute approximate surface area is 203 Å². The van der Waals surface area contributed by atoms with Gasteiger partial charge in [0.2, 0.25) is 5.91 Å². The van der Waals surface area contributed by atoms with Gasteiger partial charge in [-0.1, -0.05) is 18.2 Å². The first-order valence-corrected chi connectivity index (χ1v) is 12.7. The number of amides is 1. The van der Waals surface area contributed by atoms with Crippen molar-refractivity contribution in [1.29, 1.82) is 0 Å². The van der Waals surface area contributed by atoms with Gasteiger partial charge in [-0.05, 0) is 56.4 Å². The van der Waals surface area contributed by atoms with Crippen molar-refractivity contribution in [3.8, 4) is 11.5 Å². The number of para-hydroxylation sites is 2. The molecule has 0 saturated carbocycles. The van der Waals surface area contributed by atoms with Crippen LogP contribution in [0, 0.1) is 5.92 Å². The predicted octanol–water partition coefficient (Wildman–Crippen LogP) is 3.70. The van der Waals surface area contributed by atoms with Gasteiger partial charge >= 0.3 is 0 Å². The molecule has 2 aliphatic heterocycles. The van der Waals surface area contributed by atoms with E-state index in [1.807, 2.05) is 49.5 Å². The molecule has 1 atom stereocenters. The van der Waals surface area contributed by atoms with Crippen LogP contribution in [-0.4, -0.2) is 79.7 Å². The highest BCUT2D eigenvalue weighted by Gasteiger charge is 2.26. The van der Waals surface area contributed by atoms with E-state index in [2.05, 4.69) is 25.8 Å². The number of aromatic nitrogens is 1. The summed E-state index contributed by atoms with van der Waals surface area (Å²) >= 11 is 0. The van der Waals surface area contributed by atoms with Crippen LogP contribution in [0.3, 0.4) is 0 Å². The highest BCUT2D eigenvalue weighted by atomic mass is 16.5. The Morgan fingerprint density at radius 3 is 2.50 bits per heavy atom. The number of piperazine rings is 1. The number of hydrogen-bond acceptors (Lipinski definition) is 6. The van der Waals surface area contributed by atoms with Crippen LogP contribution < -0.4 is 14.4 Å². The van der Waals surface area contributed by atoms with E-state index in [1.54, 1.807) is 0 Å². The van der Waals surface area contributed by atoms with Gasteiger partial charge in [-0.25, -0.2) is 4.98 Å². The van der Waals surface area contributed by atoms with E-state index in [0.717, 1.165) is 76.0 Å². The normalized spacial score (nSPS) is 19.1. The van der Waals surface area contributed by atoms with Crippen molar-refractivity contribution in [2.45, 2.75) is 32.6 Å². The Morgan fingerprint density at radius 2 is 1.76 bits per heavy atom. The molecule has 0 spiro atoms. The summed E-state index contributed by atoms with van der Waals surface area (Å²) in [5.41, 5.74) is 0. The first kappa shape index (κ1) is 24.3. The third-order valence-electron chi connectivity index (χ3n) is 6.68. The molecule has 2 aromatic rings. The maximum atomic E-state index is 12.8. The molecule has 0 unspecified atom stereocenters. The zero-order valence-corrected chi connectivity index (χ0v) is 20.4. The molecule has 7 nitrogen and oxygen atoms in total. The molecule has 184 valence electrons. The van der Waals surface area contributed by atoms with E-state index in [9.17, 15) is 4.79 Å². The number of ether oxygens (including phenoxy) is 2. The van der Waals surface area contributed by atoms with Gasteiger partial charge < -0.3 is 19.3 Å². The van der Waals surface area contributed by atoms with Crippen molar-refractivity contribution in [2.24, 2.45) is 5.92 Å². The van der Waals surface area contributed by atoms with E-state index in [4.69, 9.17) is 9.47 Å². The van der Waals surface area contributed by atoms with Crippen molar-refractivity contribution in [2.75, 3.05) is 63.9 Å². The van der Waals surface area contributed by atoms with Crippen LogP contribution >= 0.6 is 0 Å². The smallest absolute Gasteiger partial charge is 0.222 e. The molecule has 7 heteroatoms. The highest BCUT2D eigenvalue weighted by molar-refractivity contribution is 5.76. The van der Waals surface area contributed by atoms with Gasteiger partial charge in [-0.15, -0.1) is 0 Å². The molecular formula is C27H38N4O3. The number of pyridine rings is 1. The summed E-state index contributed by atoms with van der Waals surface area (Å²) in [4.78, 5) is 24.3. The van der Waals surface area contributed by atoms with E-state index >= 15 is 0 Å². The van der Waals surface area contributed by atoms with E-state index in [0.29, 0.717) is 25.6 Å². The van der Waals surface area contributed by atoms with Gasteiger partial charge in [0.05, 0.1) is 13.2 Å². The van der Waals surface area contributed by atoms with Crippen molar-refractivity contribution >= 4 is 11.7 Å². The second kappa shape index (κ2) is 12.6. The van der Waals surface area contributed by atoms with Crippen LogP contribution in [0.4, 0.5) is 5.82 Å². The summed E-state index contributed by atoms with van der Waals surface area (Å²) in [6, 6.07) is 13.8. The molecular weight excluding hydrogens is 428 g/mol. The quantitative estimate of drug-likeness (QED) is 0.498. The number of rotatable bonds is 10. The van der Waals surface area contributed by atoms with Crippen LogP contribution in [0.1, 0.15) is 32.6 Å². The molecule has 2 fully saturated rings. The van der Waals surface area contributed by atoms with Gasteiger partial charge in [-0.3, -0.25) is 9.69 Å². The Bertz CT molecular complexity index is 886. The molecule has 0 bridgehead atoms. The Morgan fingerprint density at radius 1 is 1.00 bits per heavy atom. The molecule has 0 aliphatic carbocycles. The van der Waals surface area contributed by atoms with Crippen LogP contribution in [0.15, 0.2) is 48.7 Å². The largest absolute Gasteiger partial charge is 0.490 e. The minimum atomic E-state index is 0.256. The molecule has 3 heterocycles. The fraction of sp³-hybridized carbons (Fsp3) is 0.556. The van der Waals surface area contributed by atoms with Gasteiger partial charge in [0.1, 0.15) is 5.82 Å². The number of carbonyl (C=O) groups excluding carboxylic acids is 1. The van der Waals surface area contributed by atoms with Crippen LogP contribution in [-0.2, 0) is 4.79 Å². The molecule has 2 saturated heterocycles. The third kappa shape index (κ3) is 6.86. The summed E-state index contributed by atoms with van der Waals surface area (Å²) in [5, 5.41) is 0. The Hall–Kier alpha value is -2.80. The van der Waals surface area contributed by atoms with Crippen molar-refractivity contribution < 1.29 is 14.3 Å². The zero-order chi connectivity index (χ0) is 23.6. The molecule has 0 radical (unpaired) electrons. The lowest BCUT2D eigenvalue weighted by atomic mass is 9.96. The van der Waals surface area contributed by atoms with Crippen LogP contribution in [0.25, 0.3) is 0 Å². The zero-order valence-electron chi connectivity index (χ0n) is 20.4. The lowest BCUT2D eigenvalue weighted by Crippen LogP contribution is -2.50. The van der Waals surface area contributed by atoms with Gasteiger partial charge in [0, 0.05) is 58.4 Å². The minimum Gasteiger partial charge on any atom is -0.490 e. The van der Waals surface area contributed by atoms with Crippen LogP contribution in [0.2, 0.25) is 0 Å². The Balaban J connectivity index is 1.16. The van der Waals surface area contributed by atoms with Crippen molar-refractivity contribution in [3.05, 3.63) is 48.7 Å². The summed E-state index contributed by atoms with van der Waals surface area (Å²) in [7, 11) is 0. The summed E-state index contributed by atoms with van der Waals surface area (Å²) in [6.45, 7) is 10.1. The lowest BCUT2D eigenvalue weighted by Gasteiger charge is -2.39. The molecule has 1 aromatic heterocycles. The number of anilines is 1.